The number of hydrogen-bond donors (Lipinski definition) is 1. The second-order valence-corrected chi connectivity index (χ2v) is 6.65. The molecule has 0 atom stereocenters. The largest absolute Gasteiger partial charge is 0.504 e. The molecule has 3 rings (SSSR count). The van der Waals surface area contributed by atoms with Crippen LogP contribution < -0.4 is 9.75 Å². The van der Waals surface area contributed by atoms with E-state index < -0.39 is 10.8 Å². The Hall–Kier alpha value is -3.40. The number of nitro groups is 1. The summed E-state index contributed by atoms with van der Waals surface area (Å²) in [5.74, 6) is -0.333. The molecule has 0 spiro atoms. The number of amides is 1. The van der Waals surface area contributed by atoms with Crippen LogP contribution in [0.15, 0.2) is 51.5 Å². The van der Waals surface area contributed by atoms with Crippen LogP contribution in [0.5, 0.6) is 11.5 Å². The number of nitro benzene ring substituents is 1. The molecule has 1 N–H and O–H groups in total. The lowest BCUT2D eigenvalue weighted by Crippen LogP contribution is -2.21. The van der Waals surface area contributed by atoms with Crippen molar-refractivity contribution in [2.45, 2.75) is 6.92 Å². The first kappa shape index (κ1) is 20.3. The van der Waals surface area contributed by atoms with Gasteiger partial charge in [0.05, 0.1) is 24.3 Å². The molecule has 29 heavy (non-hydrogen) atoms. The fourth-order valence-electron chi connectivity index (χ4n) is 2.66. The number of ether oxygens (including phenoxy) is 2. The smallest absolute Gasteiger partial charge is 0.284 e. The molecule has 0 saturated heterocycles. The molecule has 9 nitrogen and oxygen atoms in total. The Balaban J connectivity index is 2.04. The van der Waals surface area contributed by atoms with Crippen LogP contribution in [-0.4, -0.2) is 35.6 Å². The van der Waals surface area contributed by atoms with E-state index in [-0.39, 0.29) is 35.3 Å². The molecule has 2 aromatic carbocycles. The van der Waals surface area contributed by atoms with E-state index in [0.29, 0.717) is 15.7 Å². The summed E-state index contributed by atoms with van der Waals surface area (Å²) in [6.45, 7) is 2.01. The first-order valence-corrected chi connectivity index (χ1v) is 9.24. The lowest BCUT2D eigenvalue weighted by molar-refractivity contribution is -0.384. The predicted octanol–water partition coefficient (Wildman–Crippen LogP) is 3.85. The van der Waals surface area contributed by atoms with Gasteiger partial charge in [0.2, 0.25) is 5.90 Å². The highest BCUT2D eigenvalue weighted by Crippen LogP contribution is 2.37. The van der Waals surface area contributed by atoms with Gasteiger partial charge < -0.3 is 14.6 Å². The molecule has 0 aromatic heterocycles. The quantitative estimate of drug-likeness (QED) is 0.410. The summed E-state index contributed by atoms with van der Waals surface area (Å²) in [7, 11) is 1.42. The van der Waals surface area contributed by atoms with Crippen LogP contribution >= 0.6 is 15.9 Å². The molecule has 0 saturated carbocycles. The van der Waals surface area contributed by atoms with Gasteiger partial charge in [-0.2, -0.15) is 5.01 Å². The lowest BCUT2D eigenvalue weighted by Gasteiger charge is -2.11. The number of carbonyl (C=O) groups is 1. The molecule has 1 amide bonds. The van der Waals surface area contributed by atoms with Crippen LogP contribution in [0.25, 0.3) is 6.08 Å². The van der Waals surface area contributed by atoms with Gasteiger partial charge in [0.15, 0.2) is 11.5 Å². The summed E-state index contributed by atoms with van der Waals surface area (Å²) >= 11 is 3.35. The second kappa shape index (κ2) is 8.31. The Bertz CT molecular complexity index is 1030. The number of non-ortho nitro benzene ring substituents is 1. The Morgan fingerprint density at radius 2 is 1.97 bits per heavy atom. The summed E-state index contributed by atoms with van der Waals surface area (Å²) in [5.41, 5.74) is 0.686. The molecule has 0 fully saturated rings. The number of anilines is 1. The number of hydrogen-bond acceptors (Lipinski definition) is 7. The zero-order valence-corrected chi connectivity index (χ0v) is 17.0. The van der Waals surface area contributed by atoms with Crippen LogP contribution in [0.1, 0.15) is 12.5 Å². The van der Waals surface area contributed by atoms with Crippen LogP contribution in [-0.2, 0) is 9.53 Å². The maximum atomic E-state index is 13.0. The second-order valence-electron chi connectivity index (χ2n) is 5.80. The number of phenols is 1. The standard InChI is InChI=1S/C19H16BrN3O6/c1-3-29-18-14(10-13-15(20)8-9-16(28-2)17(13)24)19(25)22(21-18)11-4-6-12(7-5-11)23(26)27/h4-10,24H,3H2,1-2H3. The maximum absolute atomic E-state index is 13.0. The van der Waals surface area contributed by atoms with E-state index in [1.165, 1.54) is 37.5 Å². The van der Waals surface area contributed by atoms with E-state index in [0.717, 1.165) is 5.01 Å². The average Bonchev–Trinajstić information content (AvgIpc) is 3.01. The van der Waals surface area contributed by atoms with Gasteiger partial charge in [-0.25, -0.2) is 0 Å². The van der Waals surface area contributed by atoms with E-state index in [9.17, 15) is 20.0 Å². The Labute approximate surface area is 174 Å². The van der Waals surface area contributed by atoms with Crippen molar-refractivity contribution in [2.24, 2.45) is 5.10 Å². The lowest BCUT2D eigenvalue weighted by atomic mass is 10.1. The van der Waals surface area contributed by atoms with Gasteiger partial charge in [-0.1, -0.05) is 15.9 Å². The summed E-state index contributed by atoms with van der Waals surface area (Å²) in [6, 6.07) is 8.67. The van der Waals surface area contributed by atoms with E-state index in [4.69, 9.17) is 9.47 Å². The van der Waals surface area contributed by atoms with Crippen LogP contribution in [0.4, 0.5) is 11.4 Å². The monoisotopic (exact) mass is 461 g/mol. The Kier molecular flexibility index (Phi) is 5.83. The number of aromatic hydroxyl groups is 1. The van der Waals surface area contributed by atoms with E-state index in [1.807, 2.05) is 0 Å². The van der Waals surface area contributed by atoms with Crippen molar-refractivity contribution in [3.05, 3.63) is 62.1 Å². The summed E-state index contributed by atoms with van der Waals surface area (Å²) < 4.78 is 11.1. The molecule has 2 aromatic rings. The highest BCUT2D eigenvalue weighted by atomic mass is 79.9. The van der Waals surface area contributed by atoms with E-state index in [2.05, 4.69) is 21.0 Å². The Morgan fingerprint density at radius 1 is 1.28 bits per heavy atom. The van der Waals surface area contributed by atoms with Crippen molar-refractivity contribution in [1.29, 1.82) is 0 Å². The third-order valence-corrected chi connectivity index (χ3v) is 4.76. The molecule has 0 aliphatic carbocycles. The normalized spacial score (nSPS) is 14.9. The van der Waals surface area contributed by atoms with Crippen molar-refractivity contribution >= 4 is 45.2 Å². The van der Waals surface area contributed by atoms with Crippen molar-refractivity contribution in [1.82, 2.24) is 0 Å². The van der Waals surface area contributed by atoms with Crippen molar-refractivity contribution in [3.8, 4) is 11.5 Å². The SMILES string of the molecule is CCOC1=NN(c2ccc([N+](=O)[O-])cc2)C(=O)C1=Cc1c(Br)ccc(OC)c1O. The average molecular weight is 462 g/mol. The van der Waals surface area contributed by atoms with Gasteiger partial charge >= 0.3 is 0 Å². The summed E-state index contributed by atoms with van der Waals surface area (Å²) in [5, 5.41) is 26.5. The molecule has 1 aliphatic rings. The first-order chi connectivity index (χ1) is 13.9. The minimum absolute atomic E-state index is 0.0740. The van der Waals surface area contributed by atoms with Gasteiger partial charge in [0, 0.05) is 22.2 Å². The maximum Gasteiger partial charge on any atom is 0.284 e. The molecule has 0 bridgehead atoms. The molecule has 0 radical (unpaired) electrons. The fraction of sp³-hybridized carbons (Fsp3) is 0.158. The predicted molar refractivity (Wildman–Crippen MR) is 110 cm³/mol. The van der Waals surface area contributed by atoms with Crippen molar-refractivity contribution in [3.63, 3.8) is 0 Å². The number of rotatable bonds is 5. The molecule has 10 heteroatoms. The van der Waals surface area contributed by atoms with E-state index in [1.54, 1.807) is 19.1 Å². The number of benzene rings is 2. The van der Waals surface area contributed by atoms with Crippen molar-refractivity contribution in [2.75, 3.05) is 18.7 Å². The van der Waals surface area contributed by atoms with Gasteiger partial charge in [-0.05, 0) is 37.3 Å². The van der Waals surface area contributed by atoms with Crippen LogP contribution in [0.2, 0.25) is 0 Å². The zero-order chi connectivity index (χ0) is 21.1. The number of carbonyl (C=O) groups excluding carboxylic acids is 1. The number of hydrazone groups is 1. The number of nitrogens with zero attached hydrogens (tertiary/aromatic N) is 3. The number of halogens is 1. The topological polar surface area (TPSA) is 114 Å². The number of methoxy groups -OCH3 is 1. The van der Waals surface area contributed by atoms with Gasteiger partial charge in [-0.3, -0.25) is 14.9 Å². The molecule has 150 valence electrons. The fourth-order valence-corrected chi connectivity index (χ4v) is 3.10. The minimum atomic E-state index is -0.529. The van der Waals surface area contributed by atoms with Gasteiger partial charge in [-0.15, -0.1) is 5.10 Å². The molecule has 1 aliphatic heterocycles. The van der Waals surface area contributed by atoms with Gasteiger partial charge in [0.1, 0.15) is 5.57 Å². The Morgan fingerprint density at radius 3 is 2.55 bits per heavy atom. The van der Waals surface area contributed by atoms with Gasteiger partial charge in [0.25, 0.3) is 11.6 Å². The zero-order valence-electron chi connectivity index (χ0n) is 15.5. The summed E-state index contributed by atoms with van der Waals surface area (Å²) in [4.78, 5) is 23.3. The van der Waals surface area contributed by atoms with Crippen LogP contribution in [0.3, 0.4) is 0 Å². The molecular weight excluding hydrogens is 446 g/mol. The third kappa shape index (κ3) is 3.92. The number of phenolic OH excluding ortho intramolecular Hbond substituents is 1. The van der Waals surface area contributed by atoms with E-state index >= 15 is 0 Å². The minimum Gasteiger partial charge on any atom is -0.504 e. The molecule has 1 heterocycles. The summed E-state index contributed by atoms with van der Waals surface area (Å²) in [6.07, 6.45) is 1.45. The third-order valence-electron chi connectivity index (χ3n) is 4.07. The van der Waals surface area contributed by atoms with Crippen molar-refractivity contribution < 1.29 is 24.3 Å². The highest BCUT2D eigenvalue weighted by Gasteiger charge is 2.33. The molecule has 0 unspecified atom stereocenters. The highest BCUT2D eigenvalue weighted by molar-refractivity contribution is 9.10. The van der Waals surface area contributed by atoms with Crippen LogP contribution in [0, 0.1) is 10.1 Å². The molecular formula is C19H16BrN3O6. The first-order valence-electron chi connectivity index (χ1n) is 8.45.